The van der Waals surface area contributed by atoms with Crippen LogP contribution in [0.25, 0.3) is 98.0 Å². The molecule has 230 valence electrons. The summed E-state index contributed by atoms with van der Waals surface area (Å²) in [6, 6.07) is 45.0. The Morgan fingerprint density at radius 3 is 1.18 bits per heavy atom. The fourth-order valence-electron chi connectivity index (χ4n) is 8.23. The van der Waals surface area contributed by atoms with Gasteiger partial charge < -0.3 is 20.4 Å². The second-order valence-corrected chi connectivity index (χ2v) is 13.1. The zero-order chi connectivity index (χ0) is 33.1. The summed E-state index contributed by atoms with van der Waals surface area (Å²) < 4.78 is 0. The number of aromatic hydroxyl groups is 4. The van der Waals surface area contributed by atoms with E-state index in [9.17, 15) is 20.4 Å². The first kappa shape index (κ1) is 27.6. The standard InChI is InChI=1S/C44H27BO4/c45-40-39(41(46)43(48)44(49)42(40)47)30-20-28(31-15-11-26-9-7-22-3-1-5-24-13-17-33(31)37(26)35(22)24)19-29(21-30)32-16-12-27-10-8-23-4-2-6-25-14-18-34(32)38(27)36(23)25/h1-21,46-49H,45H2. The molecule has 0 atom stereocenters. The fraction of sp³-hybridized carbons (Fsp3) is 0. The summed E-state index contributed by atoms with van der Waals surface area (Å²) in [5.41, 5.74) is 5.01. The van der Waals surface area contributed by atoms with Crippen molar-refractivity contribution >= 4 is 77.9 Å². The second-order valence-electron chi connectivity index (χ2n) is 13.1. The van der Waals surface area contributed by atoms with Crippen molar-refractivity contribution < 1.29 is 20.4 Å². The molecule has 5 heteroatoms. The number of hydrogen-bond donors (Lipinski definition) is 4. The first-order chi connectivity index (χ1) is 23.9. The number of phenolic OH excluding ortho intramolecular Hbond substituents is 4. The van der Waals surface area contributed by atoms with E-state index in [-0.39, 0.29) is 11.0 Å². The van der Waals surface area contributed by atoms with Crippen molar-refractivity contribution in [3.63, 3.8) is 0 Å². The average molecular weight is 631 g/mol. The molecule has 0 aliphatic carbocycles. The average Bonchev–Trinajstić information content (AvgIpc) is 3.14. The van der Waals surface area contributed by atoms with Crippen LogP contribution in [0.4, 0.5) is 0 Å². The van der Waals surface area contributed by atoms with Crippen molar-refractivity contribution in [2.24, 2.45) is 0 Å². The maximum absolute atomic E-state index is 11.3. The maximum Gasteiger partial charge on any atom is 0.204 e. The van der Waals surface area contributed by atoms with Gasteiger partial charge in [-0.3, -0.25) is 0 Å². The molecule has 10 aromatic carbocycles. The molecule has 49 heavy (non-hydrogen) atoms. The Morgan fingerprint density at radius 1 is 0.347 bits per heavy atom. The molecule has 0 aliphatic rings. The van der Waals surface area contributed by atoms with Crippen LogP contribution in [0.15, 0.2) is 127 Å². The lowest BCUT2D eigenvalue weighted by molar-refractivity contribution is 0.348. The van der Waals surface area contributed by atoms with E-state index in [1.165, 1.54) is 43.1 Å². The summed E-state index contributed by atoms with van der Waals surface area (Å²) >= 11 is 0. The largest absolute Gasteiger partial charge is 0.505 e. The van der Waals surface area contributed by atoms with E-state index >= 15 is 0 Å². The van der Waals surface area contributed by atoms with Gasteiger partial charge in [0.2, 0.25) is 11.5 Å². The van der Waals surface area contributed by atoms with Crippen molar-refractivity contribution in [2.75, 3.05) is 0 Å². The highest BCUT2D eigenvalue weighted by Crippen LogP contribution is 2.49. The zero-order valence-electron chi connectivity index (χ0n) is 26.4. The molecule has 0 bridgehead atoms. The molecule has 0 radical (unpaired) electrons. The number of hydrogen-bond acceptors (Lipinski definition) is 4. The van der Waals surface area contributed by atoms with E-state index in [1.807, 2.05) is 12.1 Å². The van der Waals surface area contributed by atoms with Crippen molar-refractivity contribution in [3.8, 4) is 56.4 Å². The van der Waals surface area contributed by atoms with E-state index in [2.05, 4.69) is 115 Å². The van der Waals surface area contributed by atoms with Crippen molar-refractivity contribution in [3.05, 3.63) is 127 Å². The highest BCUT2D eigenvalue weighted by Gasteiger charge is 2.24. The fourth-order valence-corrected chi connectivity index (χ4v) is 8.23. The number of benzene rings is 10. The molecule has 0 saturated heterocycles. The van der Waals surface area contributed by atoms with E-state index in [0.717, 1.165) is 43.8 Å². The molecule has 10 rings (SSSR count). The Balaban J connectivity index is 1.32. The quantitative estimate of drug-likeness (QED) is 0.0679. The van der Waals surface area contributed by atoms with Gasteiger partial charge in [0.1, 0.15) is 7.85 Å². The first-order valence-corrected chi connectivity index (χ1v) is 16.3. The molecule has 0 unspecified atom stereocenters. The third kappa shape index (κ3) is 3.75. The smallest absolute Gasteiger partial charge is 0.204 e. The molecule has 4 N–H and O–H groups in total. The van der Waals surface area contributed by atoms with Crippen LogP contribution in [-0.2, 0) is 0 Å². The Hall–Kier alpha value is -6.46. The predicted octanol–water partition coefficient (Wildman–Crippen LogP) is 9.56. The Bertz CT molecular complexity index is 2770. The van der Waals surface area contributed by atoms with E-state index in [4.69, 9.17) is 0 Å². The minimum absolute atomic E-state index is 0.256. The molecule has 0 aromatic heterocycles. The molecule has 0 amide bonds. The van der Waals surface area contributed by atoms with Gasteiger partial charge in [0.05, 0.1) is 0 Å². The van der Waals surface area contributed by atoms with Gasteiger partial charge in [-0.1, -0.05) is 109 Å². The van der Waals surface area contributed by atoms with E-state index in [1.54, 1.807) is 7.85 Å². The highest BCUT2D eigenvalue weighted by molar-refractivity contribution is 6.39. The van der Waals surface area contributed by atoms with Crippen LogP contribution in [-0.4, -0.2) is 28.3 Å². The van der Waals surface area contributed by atoms with Crippen molar-refractivity contribution in [2.45, 2.75) is 0 Å². The Labute approximate surface area is 281 Å². The van der Waals surface area contributed by atoms with Crippen LogP contribution < -0.4 is 5.46 Å². The summed E-state index contributed by atoms with van der Waals surface area (Å²) in [4.78, 5) is 0. The molecular formula is C44H27BO4. The van der Waals surface area contributed by atoms with Crippen LogP contribution in [0.3, 0.4) is 0 Å². The Kier molecular flexibility index (Phi) is 5.52. The molecular weight excluding hydrogens is 603 g/mol. The van der Waals surface area contributed by atoms with Gasteiger partial charge in [0, 0.05) is 5.56 Å². The van der Waals surface area contributed by atoms with E-state index < -0.39 is 23.0 Å². The summed E-state index contributed by atoms with van der Waals surface area (Å²) in [6.45, 7) is 0. The molecule has 0 heterocycles. The van der Waals surface area contributed by atoms with Crippen molar-refractivity contribution in [1.29, 1.82) is 0 Å². The third-order valence-electron chi connectivity index (χ3n) is 10.5. The van der Waals surface area contributed by atoms with Gasteiger partial charge in [-0.05, 0) is 116 Å². The van der Waals surface area contributed by atoms with Crippen LogP contribution in [0.1, 0.15) is 0 Å². The summed E-state index contributed by atoms with van der Waals surface area (Å²) in [5.74, 6) is -2.45. The lowest BCUT2D eigenvalue weighted by Crippen LogP contribution is -2.08. The summed E-state index contributed by atoms with van der Waals surface area (Å²) in [7, 11) is 1.63. The zero-order valence-corrected chi connectivity index (χ0v) is 26.4. The summed E-state index contributed by atoms with van der Waals surface area (Å²) in [6.07, 6.45) is 0. The molecule has 0 saturated carbocycles. The lowest BCUT2D eigenvalue weighted by atomic mass is 9.82. The monoisotopic (exact) mass is 630 g/mol. The topological polar surface area (TPSA) is 80.9 Å². The number of rotatable bonds is 3. The normalized spacial score (nSPS) is 12.1. The van der Waals surface area contributed by atoms with E-state index in [0.29, 0.717) is 5.56 Å². The second kappa shape index (κ2) is 9.78. The first-order valence-electron chi connectivity index (χ1n) is 16.3. The lowest BCUT2D eigenvalue weighted by Gasteiger charge is -2.19. The van der Waals surface area contributed by atoms with Gasteiger partial charge in [-0.15, -0.1) is 0 Å². The molecule has 4 nitrogen and oxygen atoms in total. The molecule has 10 aromatic rings. The van der Waals surface area contributed by atoms with Gasteiger partial charge in [0.25, 0.3) is 0 Å². The third-order valence-corrected chi connectivity index (χ3v) is 10.5. The van der Waals surface area contributed by atoms with Gasteiger partial charge in [0.15, 0.2) is 11.5 Å². The van der Waals surface area contributed by atoms with Gasteiger partial charge in [-0.25, -0.2) is 0 Å². The van der Waals surface area contributed by atoms with Gasteiger partial charge in [-0.2, -0.15) is 0 Å². The highest BCUT2D eigenvalue weighted by atomic mass is 16.3. The van der Waals surface area contributed by atoms with Crippen LogP contribution in [0.5, 0.6) is 23.0 Å². The molecule has 0 spiro atoms. The van der Waals surface area contributed by atoms with Crippen molar-refractivity contribution in [1.82, 2.24) is 0 Å². The minimum atomic E-state index is -0.754. The predicted molar refractivity (Wildman–Crippen MR) is 205 cm³/mol. The minimum Gasteiger partial charge on any atom is -0.505 e. The maximum atomic E-state index is 11.3. The molecule has 0 aliphatic heterocycles. The van der Waals surface area contributed by atoms with Crippen LogP contribution >= 0.6 is 0 Å². The SMILES string of the molecule is Bc1c(O)c(O)c(O)c(O)c1-c1cc(-c2ccc3ccc4cccc5ccc2c3c45)cc(-c2ccc3ccc4cccc5ccc2c3c45)c1. The van der Waals surface area contributed by atoms with Crippen LogP contribution in [0.2, 0.25) is 0 Å². The summed E-state index contributed by atoms with van der Waals surface area (Å²) in [5, 5.41) is 57.2. The molecule has 0 fully saturated rings. The Morgan fingerprint density at radius 2 is 0.714 bits per heavy atom. The van der Waals surface area contributed by atoms with Gasteiger partial charge >= 0.3 is 0 Å². The van der Waals surface area contributed by atoms with Crippen LogP contribution in [0, 0.1) is 0 Å². The number of phenols is 4.